The smallest absolute Gasteiger partial charge is 0.254 e. The predicted octanol–water partition coefficient (Wildman–Crippen LogP) is 2.36. The Morgan fingerprint density at radius 2 is 2.05 bits per heavy atom. The van der Waals surface area contributed by atoms with Gasteiger partial charge in [0.25, 0.3) is 5.91 Å². The number of ether oxygens (including phenoxy) is 1. The van der Waals surface area contributed by atoms with Crippen molar-refractivity contribution >= 4 is 5.91 Å². The fourth-order valence-corrected chi connectivity index (χ4v) is 3.34. The van der Waals surface area contributed by atoms with Gasteiger partial charge in [-0.25, -0.2) is 4.98 Å². The van der Waals surface area contributed by atoms with Crippen molar-refractivity contribution in [2.75, 3.05) is 13.1 Å². The Morgan fingerprint density at radius 3 is 2.82 bits per heavy atom. The minimum absolute atomic E-state index is 0.0334. The first-order valence-electron chi connectivity index (χ1n) is 8.40. The van der Waals surface area contributed by atoms with Crippen LogP contribution in [0.3, 0.4) is 0 Å². The molecule has 2 heterocycles. The van der Waals surface area contributed by atoms with Crippen molar-refractivity contribution in [1.82, 2.24) is 9.88 Å². The molecule has 22 heavy (non-hydrogen) atoms. The maximum atomic E-state index is 12.6. The van der Waals surface area contributed by atoms with Gasteiger partial charge < -0.3 is 15.4 Å². The fourth-order valence-electron chi connectivity index (χ4n) is 3.34. The summed E-state index contributed by atoms with van der Waals surface area (Å²) in [5.41, 5.74) is 6.61. The molecular formula is C17H25N3O2. The summed E-state index contributed by atoms with van der Waals surface area (Å²) in [5.74, 6) is 0.602. The number of hydrogen-bond donors (Lipinski definition) is 1. The van der Waals surface area contributed by atoms with Crippen molar-refractivity contribution in [2.24, 2.45) is 5.73 Å². The summed E-state index contributed by atoms with van der Waals surface area (Å²) in [7, 11) is 0. The van der Waals surface area contributed by atoms with Crippen molar-refractivity contribution in [3.63, 3.8) is 0 Å². The summed E-state index contributed by atoms with van der Waals surface area (Å²) in [6.45, 7) is 1.42. The Morgan fingerprint density at radius 1 is 1.23 bits per heavy atom. The monoisotopic (exact) mass is 303 g/mol. The number of hydrogen-bond acceptors (Lipinski definition) is 4. The molecule has 120 valence electrons. The molecule has 2 N–H and O–H groups in total. The Balaban J connectivity index is 1.66. The predicted molar refractivity (Wildman–Crippen MR) is 84.9 cm³/mol. The van der Waals surface area contributed by atoms with Crippen molar-refractivity contribution in [3.8, 4) is 5.88 Å². The van der Waals surface area contributed by atoms with E-state index in [2.05, 4.69) is 4.98 Å². The van der Waals surface area contributed by atoms with Crippen LogP contribution in [-0.2, 0) is 0 Å². The van der Waals surface area contributed by atoms with Crippen LogP contribution in [-0.4, -0.2) is 41.0 Å². The summed E-state index contributed by atoms with van der Waals surface area (Å²) in [6, 6.07) is 3.63. The fraction of sp³-hybridized carbons (Fsp3) is 0.647. The van der Waals surface area contributed by atoms with E-state index in [1.54, 1.807) is 18.3 Å². The lowest BCUT2D eigenvalue weighted by Crippen LogP contribution is -2.45. The Bertz CT molecular complexity index is 514. The molecule has 0 unspecified atom stereocenters. The van der Waals surface area contributed by atoms with Gasteiger partial charge in [0.2, 0.25) is 5.88 Å². The quantitative estimate of drug-likeness (QED) is 0.930. The maximum absolute atomic E-state index is 12.6. The number of aromatic nitrogens is 1. The number of nitrogens with two attached hydrogens (primary N) is 1. The molecule has 2 aliphatic rings. The summed E-state index contributed by atoms with van der Waals surface area (Å²) in [4.78, 5) is 18.7. The first-order chi connectivity index (χ1) is 10.7. The highest BCUT2D eigenvalue weighted by molar-refractivity contribution is 5.94. The zero-order valence-electron chi connectivity index (χ0n) is 13.0. The third kappa shape index (κ3) is 3.77. The molecular weight excluding hydrogens is 278 g/mol. The lowest BCUT2D eigenvalue weighted by atomic mass is 9.98. The second-order valence-corrected chi connectivity index (χ2v) is 6.41. The average Bonchev–Trinajstić information content (AvgIpc) is 2.55. The van der Waals surface area contributed by atoms with Crippen LogP contribution in [0.1, 0.15) is 55.3 Å². The summed E-state index contributed by atoms with van der Waals surface area (Å²) >= 11 is 0. The lowest BCUT2D eigenvalue weighted by Gasteiger charge is -2.31. The van der Waals surface area contributed by atoms with E-state index in [1.807, 2.05) is 4.90 Å². The standard InChI is InChI=1S/C17H25N3O2/c18-14-5-4-10-20(12-14)17(21)13-8-9-19-16(11-13)22-15-6-2-1-3-7-15/h8-9,11,14-15H,1-7,10,12,18H2/t14-/m1/s1. The van der Waals surface area contributed by atoms with Gasteiger partial charge in [0, 0.05) is 37.0 Å². The molecule has 1 saturated heterocycles. The van der Waals surface area contributed by atoms with Gasteiger partial charge in [0.05, 0.1) is 0 Å². The summed E-state index contributed by atoms with van der Waals surface area (Å²) in [6.07, 6.45) is 9.77. The largest absolute Gasteiger partial charge is 0.474 e. The van der Waals surface area contributed by atoms with Crippen LogP contribution in [0.4, 0.5) is 0 Å². The van der Waals surface area contributed by atoms with Gasteiger partial charge in [0.15, 0.2) is 0 Å². The number of pyridine rings is 1. The molecule has 1 aliphatic carbocycles. The molecule has 0 bridgehead atoms. The van der Waals surface area contributed by atoms with Gasteiger partial charge in [-0.05, 0) is 44.6 Å². The first kappa shape index (κ1) is 15.3. The van der Waals surface area contributed by atoms with Crippen molar-refractivity contribution in [1.29, 1.82) is 0 Å². The SMILES string of the molecule is N[C@@H]1CCCN(C(=O)c2ccnc(OC3CCCCC3)c2)C1. The lowest BCUT2D eigenvalue weighted by molar-refractivity contribution is 0.0707. The first-order valence-corrected chi connectivity index (χ1v) is 8.40. The zero-order chi connectivity index (χ0) is 15.4. The minimum Gasteiger partial charge on any atom is -0.474 e. The molecule has 5 heteroatoms. The van der Waals surface area contributed by atoms with E-state index in [4.69, 9.17) is 10.5 Å². The van der Waals surface area contributed by atoms with Crippen LogP contribution in [0.2, 0.25) is 0 Å². The van der Waals surface area contributed by atoms with E-state index in [0.29, 0.717) is 18.0 Å². The second kappa shape index (κ2) is 7.09. The number of carbonyl (C=O) groups excluding carboxylic acids is 1. The Hall–Kier alpha value is -1.62. The van der Waals surface area contributed by atoms with E-state index in [0.717, 1.165) is 32.2 Å². The molecule has 1 atom stereocenters. The van der Waals surface area contributed by atoms with Gasteiger partial charge in [-0.15, -0.1) is 0 Å². The van der Waals surface area contributed by atoms with Crippen LogP contribution in [0.5, 0.6) is 5.88 Å². The molecule has 1 aliphatic heterocycles. The highest BCUT2D eigenvalue weighted by Gasteiger charge is 2.23. The van der Waals surface area contributed by atoms with Gasteiger partial charge >= 0.3 is 0 Å². The molecule has 1 aromatic rings. The van der Waals surface area contributed by atoms with Gasteiger partial charge in [-0.3, -0.25) is 4.79 Å². The topological polar surface area (TPSA) is 68.5 Å². The normalized spacial score (nSPS) is 23.3. The Kier molecular flexibility index (Phi) is 4.93. The third-order valence-corrected chi connectivity index (χ3v) is 4.57. The number of amides is 1. The number of nitrogens with zero attached hydrogens (tertiary/aromatic N) is 2. The zero-order valence-corrected chi connectivity index (χ0v) is 13.0. The van der Waals surface area contributed by atoms with E-state index < -0.39 is 0 Å². The minimum atomic E-state index is 0.0334. The number of piperidine rings is 1. The molecule has 0 aromatic carbocycles. The molecule has 5 nitrogen and oxygen atoms in total. The van der Waals surface area contributed by atoms with Gasteiger partial charge in [-0.2, -0.15) is 0 Å². The van der Waals surface area contributed by atoms with E-state index in [9.17, 15) is 4.79 Å². The van der Waals surface area contributed by atoms with Crippen LogP contribution in [0.15, 0.2) is 18.3 Å². The second-order valence-electron chi connectivity index (χ2n) is 6.41. The van der Waals surface area contributed by atoms with E-state index >= 15 is 0 Å². The summed E-state index contributed by atoms with van der Waals surface area (Å²) in [5, 5.41) is 0. The molecule has 1 aromatic heterocycles. The molecule has 3 rings (SSSR count). The van der Waals surface area contributed by atoms with Gasteiger partial charge in [0.1, 0.15) is 6.10 Å². The highest BCUT2D eigenvalue weighted by atomic mass is 16.5. The molecule has 0 radical (unpaired) electrons. The molecule has 0 spiro atoms. The van der Waals surface area contributed by atoms with Crippen LogP contribution < -0.4 is 10.5 Å². The van der Waals surface area contributed by atoms with Crippen molar-refractivity contribution in [3.05, 3.63) is 23.9 Å². The van der Waals surface area contributed by atoms with Crippen molar-refractivity contribution < 1.29 is 9.53 Å². The average molecular weight is 303 g/mol. The maximum Gasteiger partial charge on any atom is 0.254 e. The van der Waals surface area contributed by atoms with Gasteiger partial charge in [-0.1, -0.05) is 6.42 Å². The molecule has 2 fully saturated rings. The Labute approximate surface area is 131 Å². The van der Waals surface area contributed by atoms with E-state index in [1.165, 1.54) is 19.3 Å². The van der Waals surface area contributed by atoms with Crippen molar-refractivity contribution in [2.45, 2.75) is 57.1 Å². The number of rotatable bonds is 3. The molecule has 1 saturated carbocycles. The summed E-state index contributed by atoms with van der Waals surface area (Å²) < 4.78 is 5.95. The van der Waals surface area contributed by atoms with Crippen LogP contribution in [0, 0.1) is 0 Å². The van der Waals surface area contributed by atoms with Crippen LogP contribution in [0.25, 0.3) is 0 Å². The highest BCUT2D eigenvalue weighted by Crippen LogP contribution is 2.23. The van der Waals surface area contributed by atoms with E-state index in [-0.39, 0.29) is 18.1 Å². The molecule has 1 amide bonds. The number of carbonyl (C=O) groups is 1. The number of likely N-dealkylation sites (tertiary alicyclic amines) is 1. The third-order valence-electron chi connectivity index (χ3n) is 4.57. The van der Waals surface area contributed by atoms with Crippen LogP contribution >= 0.6 is 0 Å².